The van der Waals surface area contributed by atoms with Gasteiger partial charge in [0.15, 0.2) is 5.78 Å². The molecule has 1 heterocycles. The number of halogens is 1. The van der Waals surface area contributed by atoms with Gasteiger partial charge in [0.05, 0.1) is 0 Å². The zero-order valence-electron chi connectivity index (χ0n) is 8.87. The number of Topliss-reactive ketones (excluding diaryl/α,β-unsaturated/α-hetero) is 1. The highest BCUT2D eigenvalue weighted by Crippen LogP contribution is 2.11. The van der Waals surface area contributed by atoms with Crippen molar-refractivity contribution in [3.8, 4) is 0 Å². The summed E-state index contributed by atoms with van der Waals surface area (Å²) in [5, 5.41) is 6.12. The Morgan fingerprint density at radius 1 is 1.29 bits per heavy atom. The van der Waals surface area contributed by atoms with E-state index in [1.54, 1.807) is 24.3 Å². The van der Waals surface area contributed by atoms with Crippen molar-refractivity contribution in [2.24, 2.45) is 0 Å². The number of carbonyl (C=O) groups is 1. The monoisotopic (exact) mass is 267 g/mol. The summed E-state index contributed by atoms with van der Waals surface area (Å²) in [6.07, 6.45) is 0.923. The molecule has 0 atom stereocenters. The molecule has 88 valence electrons. The molecule has 0 aliphatic rings. The highest BCUT2D eigenvalue weighted by atomic mass is 35.5. The smallest absolute Gasteiger partial charge is 0.213 e. The largest absolute Gasteiger partial charge is 0.294 e. The van der Waals surface area contributed by atoms with Gasteiger partial charge in [-0.25, -0.2) is 4.98 Å². The van der Waals surface area contributed by atoms with Gasteiger partial charge in [0.2, 0.25) is 4.77 Å². The number of rotatable bonds is 4. The van der Waals surface area contributed by atoms with Crippen LogP contribution in [0, 0.1) is 4.77 Å². The van der Waals surface area contributed by atoms with E-state index < -0.39 is 0 Å². The van der Waals surface area contributed by atoms with Crippen LogP contribution in [0.15, 0.2) is 24.3 Å². The number of H-pyrrole nitrogens is 2. The fraction of sp³-hybridized carbons (Fsp3) is 0.182. The van der Waals surface area contributed by atoms with E-state index in [1.807, 2.05) is 0 Å². The zero-order chi connectivity index (χ0) is 12.3. The molecule has 1 aromatic carbocycles. The third kappa shape index (κ3) is 3.25. The van der Waals surface area contributed by atoms with Gasteiger partial charge in [0, 0.05) is 23.4 Å². The molecule has 0 spiro atoms. The van der Waals surface area contributed by atoms with Crippen LogP contribution in [-0.4, -0.2) is 21.0 Å². The number of carbonyl (C=O) groups excluding carboxylic acids is 1. The molecule has 0 amide bonds. The lowest BCUT2D eigenvalue weighted by Crippen LogP contribution is -2.01. The Morgan fingerprint density at radius 3 is 2.59 bits per heavy atom. The first kappa shape index (κ1) is 12.0. The summed E-state index contributed by atoms with van der Waals surface area (Å²) in [5.41, 5.74) is 0.656. The van der Waals surface area contributed by atoms with Crippen LogP contribution in [0.2, 0.25) is 5.02 Å². The standard InChI is InChI=1S/C11H10ClN3OS/c12-8-3-1-7(2-4-8)9(16)5-6-10-13-11(17)15-14-10/h1-4H,5-6H2,(H2,13,14,15,17). The molecule has 1 aromatic heterocycles. The van der Waals surface area contributed by atoms with Crippen molar-refractivity contribution >= 4 is 29.6 Å². The second-order valence-electron chi connectivity index (χ2n) is 3.54. The van der Waals surface area contributed by atoms with Crippen LogP contribution >= 0.6 is 23.8 Å². The maximum atomic E-state index is 11.8. The fourth-order valence-corrected chi connectivity index (χ4v) is 1.72. The lowest BCUT2D eigenvalue weighted by Gasteiger charge is -1.99. The normalized spacial score (nSPS) is 10.4. The lowest BCUT2D eigenvalue weighted by atomic mass is 10.1. The van der Waals surface area contributed by atoms with Crippen LogP contribution in [0.25, 0.3) is 0 Å². The van der Waals surface area contributed by atoms with Gasteiger partial charge in [-0.15, -0.1) is 0 Å². The Balaban J connectivity index is 1.98. The van der Waals surface area contributed by atoms with Gasteiger partial charge >= 0.3 is 0 Å². The van der Waals surface area contributed by atoms with Crippen LogP contribution < -0.4 is 0 Å². The Labute approximate surface area is 108 Å². The molecule has 0 radical (unpaired) electrons. The molecule has 2 N–H and O–H groups in total. The number of nitrogens with zero attached hydrogens (tertiary/aromatic N) is 1. The van der Waals surface area contributed by atoms with Crippen molar-refractivity contribution in [1.29, 1.82) is 0 Å². The average Bonchev–Trinajstić information content (AvgIpc) is 2.73. The van der Waals surface area contributed by atoms with E-state index in [-0.39, 0.29) is 5.78 Å². The number of aromatic nitrogens is 3. The summed E-state index contributed by atoms with van der Waals surface area (Å²) >= 11 is 10.6. The Hall–Kier alpha value is -1.46. The predicted octanol–water partition coefficient (Wildman–Crippen LogP) is 2.94. The number of aryl methyl sites for hydroxylation is 1. The summed E-state index contributed by atoms with van der Waals surface area (Å²) in [5.74, 6) is 0.751. The molecule has 0 bridgehead atoms. The second-order valence-corrected chi connectivity index (χ2v) is 4.37. The first-order valence-corrected chi connectivity index (χ1v) is 5.86. The van der Waals surface area contributed by atoms with Crippen molar-refractivity contribution in [1.82, 2.24) is 15.2 Å². The molecular formula is C11H10ClN3OS. The van der Waals surface area contributed by atoms with Crippen LogP contribution in [0.1, 0.15) is 22.6 Å². The minimum Gasteiger partial charge on any atom is -0.294 e. The number of benzene rings is 1. The van der Waals surface area contributed by atoms with E-state index in [0.717, 1.165) is 0 Å². The average molecular weight is 268 g/mol. The molecule has 2 rings (SSSR count). The molecule has 17 heavy (non-hydrogen) atoms. The molecule has 6 heteroatoms. The van der Waals surface area contributed by atoms with E-state index in [2.05, 4.69) is 15.2 Å². The topological polar surface area (TPSA) is 61.5 Å². The lowest BCUT2D eigenvalue weighted by molar-refractivity contribution is 0.0982. The number of hydrogen-bond donors (Lipinski definition) is 2. The van der Waals surface area contributed by atoms with E-state index in [4.69, 9.17) is 23.8 Å². The first-order valence-electron chi connectivity index (χ1n) is 5.07. The van der Waals surface area contributed by atoms with Gasteiger partial charge in [0.1, 0.15) is 5.82 Å². The third-order valence-corrected chi connectivity index (χ3v) is 2.75. The van der Waals surface area contributed by atoms with E-state index in [9.17, 15) is 4.79 Å². The van der Waals surface area contributed by atoms with Crippen molar-refractivity contribution < 1.29 is 4.79 Å². The van der Waals surface area contributed by atoms with Crippen molar-refractivity contribution in [2.45, 2.75) is 12.8 Å². The van der Waals surface area contributed by atoms with Crippen LogP contribution in [-0.2, 0) is 6.42 Å². The first-order chi connectivity index (χ1) is 8.15. The summed E-state index contributed by atoms with van der Waals surface area (Å²) in [6.45, 7) is 0. The Morgan fingerprint density at radius 2 is 2.00 bits per heavy atom. The van der Waals surface area contributed by atoms with Crippen LogP contribution in [0.4, 0.5) is 0 Å². The maximum Gasteiger partial charge on any atom is 0.213 e. The molecule has 0 unspecified atom stereocenters. The summed E-state index contributed by atoms with van der Waals surface area (Å²) < 4.78 is 0.402. The minimum atomic E-state index is 0.0592. The van der Waals surface area contributed by atoms with Gasteiger partial charge < -0.3 is 0 Å². The van der Waals surface area contributed by atoms with Crippen molar-refractivity contribution in [3.63, 3.8) is 0 Å². The summed E-state index contributed by atoms with van der Waals surface area (Å²) in [6, 6.07) is 6.85. The molecule has 0 saturated carbocycles. The molecule has 0 fully saturated rings. The molecular weight excluding hydrogens is 258 g/mol. The third-order valence-electron chi connectivity index (χ3n) is 2.31. The second kappa shape index (κ2) is 5.25. The van der Waals surface area contributed by atoms with Gasteiger partial charge in [-0.2, -0.15) is 0 Å². The van der Waals surface area contributed by atoms with E-state index >= 15 is 0 Å². The summed E-state index contributed by atoms with van der Waals surface area (Å²) in [7, 11) is 0. The van der Waals surface area contributed by atoms with Gasteiger partial charge in [-0.1, -0.05) is 11.6 Å². The van der Waals surface area contributed by atoms with E-state index in [1.165, 1.54) is 0 Å². The van der Waals surface area contributed by atoms with Crippen molar-refractivity contribution in [2.75, 3.05) is 0 Å². The molecule has 4 nitrogen and oxygen atoms in total. The highest BCUT2D eigenvalue weighted by molar-refractivity contribution is 7.71. The maximum absolute atomic E-state index is 11.8. The SMILES string of the molecule is O=C(CCc1nc(=S)[nH][nH]1)c1ccc(Cl)cc1. The number of aromatic amines is 2. The Bertz CT molecular complexity index is 573. The molecule has 0 aliphatic heterocycles. The number of hydrogen-bond acceptors (Lipinski definition) is 3. The highest BCUT2D eigenvalue weighted by Gasteiger charge is 2.07. The fourth-order valence-electron chi connectivity index (χ4n) is 1.43. The molecule has 0 saturated heterocycles. The van der Waals surface area contributed by atoms with Crippen LogP contribution in [0.3, 0.4) is 0 Å². The quantitative estimate of drug-likeness (QED) is 0.661. The minimum absolute atomic E-state index is 0.0592. The zero-order valence-corrected chi connectivity index (χ0v) is 10.4. The van der Waals surface area contributed by atoms with Gasteiger partial charge in [-0.05, 0) is 36.5 Å². The van der Waals surface area contributed by atoms with Gasteiger partial charge in [-0.3, -0.25) is 15.0 Å². The number of ketones is 1. The molecule has 0 aliphatic carbocycles. The van der Waals surface area contributed by atoms with Crippen molar-refractivity contribution in [3.05, 3.63) is 45.4 Å². The van der Waals surface area contributed by atoms with E-state index in [0.29, 0.717) is 34.0 Å². The predicted molar refractivity (Wildman–Crippen MR) is 67.9 cm³/mol. The number of nitrogens with one attached hydrogen (secondary N) is 2. The summed E-state index contributed by atoms with van der Waals surface area (Å²) in [4.78, 5) is 15.8. The van der Waals surface area contributed by atoms with Gasteiger partial charge in [0.25, 0.3) is 0 Å². The Kier molecular flexibility index (Phi) is 3.71. The molecule has 2 aromatic rings. The van der Waals surface area contributed by atoms with Crippen LogP contribution in [0.5, 0.6) is 0 Å².